The molecule has 0 fully saturated rings. The minimum absolute atomic E-state index is 0.147. The highest BCUT2D eigenvalue weighted by Crippen LogP contribution is 2.41. The Morgan fingerprint density at radius 2 is 2.16 bits per heavy atom. The number of hydrogen-bond acceptors (Lipinski definition) is 4. The van der Waals surface area contributed by atoms with Crippen LogP contribution in [0.4, 0.5) is 8.78 Å². The number of aromatic amines is 1. The molecule has 0 bridgehead atoms. The quantitative estimate of drug-likeness (QED) is 0.905. The topological polar surface area (TPSA) is 50.3 Å². The summed E-state index contributed by atoms with van der Waals surface area (Å²) >= 11 is 7.25. The van der Waals surface area contributed by atoms with E-state index in [4.69, 9.17) is 16.4 Å². The van der Waals surface area contributed by atoms with E-state index < -0.39 is 6.43 Å². The first-order valence-electron chi connectivity index (χ1n) is 5.73. The molecule has 19 heavy (non-hydrogen) atoms. The summed E-state index contributed by atoms with van der Waals surface area (Å²) in [5, 5.41) is 10.5. The fourth-order valence-electron chi connectivity index (χ4n) is 1.82. The Bertz CT molecular complexity index is 504. The number of hydrogen-bond donors (Lipinski definition) is 1. The van der Waals surface area contributed by atoms with E-state index in [1.807, 2.05) is 13.8 Å². The van der Waals surface area contributed by atoms with Crippen LogP contribution in [-0.2, 0) is 4.84 Å². The van der Waals surface area contributed by atoms with Crippen molar-refractivity contribution in [3.63, 3.8) is 0 Å². The van der Waals surface area contributed by atoms with E-state index in [1.54, 1.807) is 6.92 Å². The summed E-state index contributed by atoms with van der Waals surface area (Å²) in [6.45, 7) is 5.63. The Labute approximate surface area is 118 Å². The highest BCUT2D eigenvalue weighted by Gasteiger charge is 2.32. The van der Waals surface area contributed by atoms with Gasteiger partial charge < -0.3 is 4.84 Å². The molecule has 4 nitrogen and oxygen atoms in total. The first-order chi connectivity index (χ1) is 8.80. The number of nitrogens with one attached hydrogen (secondary N) is 1. The zero-order chi connectivity index (χ0) is 14.2. The van der Waals surface area contributed by atoms with Gasteiger partial charge in [-0.1, -0.05) is 28.5 Å². The molecule has 1 aliphatic heterocycles. The monoisotopic (exact) mass is 309 g/mol. The molecule has 2 rings (SSSR count). The lowest BCUT2D eigenvalue weighted by molar-refractivity contribution is 0.0123. The Morgan fingerprint density at radius 1 is 1.47 bits per heavy atom. The Kier molecular flexibility index (Phi) is 4.06. The fourth-order valence-corrected chi connectivity index (χ4v) is 3.47. The second kappa shape index (κ2) is 5.28. The van der Waals surface area contributed by atoms with Gasteiger partial charge in [-0.25, -0.2) is 8.78 Å². The van der Waals surface area contributed by atoms with Crippen LogP contribution in [0, 0.1) is 0 Å². The highest BCUT2D eigenvalue weighted by molar-refractivity contribution is 8.14. The van der Waals surface area contributed by atoms with Crippen LogP contribution in [0.5, 0.6) is 0 Å². The SMILES string of the molecule is CC(SC1=NOC(C)(C)C1)c1c(C(F)F)n[nH]c1Cl. The lowest BCUT2D eigenvalue weighted by atomic mass is 10.1. The molecule has 1 N–H and O–H groups in total. The molecule has 106 valence electrons. The maximum absolute atomic E-state index is 12.8. The molecule has 8 heteroatoms. The van der Waals surface area contributed by atoms with Gasteiger partial charge in [-0.2, -0.15) is 5.10 Å². The first kappa shape index (κ1) is 14.6. The molecule has 0 radical (unpaired) electrons. The zero-order valence-electron chi connectivity index (χ0n) is 10.7. The maximum Gasteiger partial charge on any atom is 0.282 e. The van der Waals surface area contributed by atoms with Crippen LogP contribution in [-0.4, -0.2) is 20.8 Å². The van der Waals surface area contributed by atoms with Gasteiger partial charge in [-0.15, -0.1) is 0 Å². The van der Waals surface area contributed by atoms with E-state index in [9.17, 15) is 8.78 Å². The van der Waals surface area contributed by atoms with Gasteiger partial charge in [-0.05, 0) is 20.8 Å². The summed E-state index contributed by atoms with van der Waals surface area (Å²) in [6.07, 6.45) is -2.00. The minimum atomic E-state index is -2.65. The smallest absolute Gasteiger partial charge is 0.282 e. The summed E-state index contributed by atoms with van der Waals surface area (Å²) in [5.41, 5.74) is -0.314. The molecule has 2 heterocycles. The van der Waals surface area contributed by atoms with E-state index in [-0.39, 0.29) is 21.7 Å². The van der Waals surface area contributed by atoms with Gasteiger partial charge in [0.2, 0.25) is 0 Å². The van der Waals surface area contributed by atoms with Crippen molar-refractivity contribution in [3.05, 3.63) is 16.4 Å². The average Bonchev–Trinajstić information content (AvgIpc) is 2.81. The zero-order valence-corrected chi connectivity index (χ0v) is 12.3. The van der Waals surface area contributed by atoms with Crippen LogP contribution in [0.1, 0.15) is 50.1 Å². The van der Waals surface area contributed by atoms with Gasteiger partial charge in [-0.3, -0.25) is 5.10 Å². The number of alkyl halides is 2. The molecule has 1 aliphatic rings. The van der Waals surface area contributed by atoms with Crippen LogP contribution in [0.15, 0.2) is 5.16 Å². The molecule has 1 aromatic rings. The van der Waals surface area contributed by atoms with E-state index in [0.29, 0.717) is 12.0 Å². The Balaban J connectivity index is 2.13. The predicted molar refractivity (Wildman–Crippen MR) is 71.8 cm³/mol. The molecule has 0 aromatic carbocycles. The van der Waals surface area contributed by atoms with E-state index in [0.717, 1.165) is 5.04 Å². The van der Waals surface area contributed by atoms with Gasteiger partial charge >= 0.3 is 0 Å². The lowest BCUT2D eigenvalue weighted by Gasteiger charge is -2.14. The van der Waals surface area contributed by atoms with Gasteiger partial charge in [0.15, 0.2) is 0 Å². The maximum atomic E-state index is 12.8. The van der Waals surface area contributed by atoms with Crippen molar-refractivity contribution < 1.29 is 13.6 Å². The van der Waals surface area contributed by atoms with Crippen molar-refractivity contribution in [2.45, 2.75) is 44.5 Å². The number of nitrogens with zero attached hydrogens (tertiary/aromatic N) is 2. The van der Waals surface area contributed by atoms with Crippen molar-refractivity contribution in [2.75, 3.05) is 0 Å². The van der Waals surface area contributed by atoms with Crippen molar-refractivity contribution in [1.29, 1.82) is 0 Å². The fraction of sp³-hybridized carbons (Fsp3) is 0.636. The Hall–Kier alpha value is -0.820. The van der Waals surface area contributed by atoms with E-state index in [2.05, 4.69) is 15.4 Å². The minimum Gasteiger partial charge on any atom is -0.389 e. The molecule has 0 spiro atoms. The number of oxime groups is 1. The molecule has 1 atom stereocenters. The van der Waals surface area contributed by atoms with Gasteiger partial charge in [0.25, 0.3) is 6.43 Å². The number of H-pyrrole nitrogens is 1. The van der Waals surface area contributed by atoms with Gasteiger partial charge in [0.1, 0.15) is 21.5 Å². The largest absolute Gasteiger partial charge is 0.389 e. The van der Waals surface area contributed by atoms with Crippen molar-refractivity contribution >= 4 is 28.4 Å². The van der Waals surface area contributed by atoms with Crippen LogP contribution >= 0.6 is 23.4 Å². The first-order valence-corrected chi connectivity index (χ1v) is 6.99. The molecule has 1 aromatic heterocycles. The molecule has 1 unspecified atom stereocenters. The third kappa shape index (κ3) is 3.20. The van der Waals surface area contributed by atoms with E-state index >= 15 is 0 Å². The molecule has 0 aliphatic carbocycles. The summed E-state index contributed by atoms with van der Waals surface area (Å²) in [7, 11) is 0. The predicted octanol–water partition coefficient (Wildman–Crippen LogP) is 4.31. The normalized spacial score (nSPS) is 19.4. The summed E-state index contributed by atoms with van der Waals surface area (Å²) in [4.78, 5) is 5.24. The van der Waals surface area contributed by atoms with Crippen molar-refractivity contribution in [3.8, 4) is 0 Å². The second-order valence-corrected chi connectivity index (χ2v) is 6.70. The number of rotatable bonds is 3. The lowest BCUT2D eigenvalue weighted by Crippen LogP contribution is -2.18. The van der Waals surface area contributed by atoms with Crippen molar-refractivity contribution in [1.82, 2.24) is 10.2 Å². The van der Waals surface area contributed by atoms with Crippen LogP contribution in [0.25, 0.3) is 0 Å². The van der Waals surface area contributed by atoms with Crippen LogP contribution in [0.3, 0.4) is 0 Å². The molecular formula is C11H14ClF2N3OS. The van der Waals surface area contributed by atoms with Crippen LogP contribution in [0.2, 0.25) is 5.15 Å². The third-order valence-corrected chi connectivity index (χ3v) is 4.05. The summed E-state index contributed by atoms with van der Waals surface area (Å²) < 4.78 is 25.7. The molecule has 0 amide bonds. The van der Waals surface area contributed by atoms with E-state index in [1.165, 1.54) is 11.8 Å². The second-order valence-electron chi connectivity index (χ2n) is 4.91. The van der Waals surface area contributed by atoms with Gasteiger partial charge in [0.05, 0.1) is 0 Å². The molecule has 0 saturated carbocycles. The van der Waals surface area contributed by atoms with Gasteiger partial charge in [0, 0.05) is 17.2 Å². The summed E-state index contributed by atoms with van der Waals surface area (Å²) in [5.74, 6) is 0. The number of thioether (sulfide) groups is 1. The third-order valence-electron chi connectivity index (χ3n) is 2.68. The van der Waals surface area contributed by atoms with Crippen LogP contribution < -0.4 is 0 Å². The average molecular weight is 310 g/mol. The summed E-state index contributed by atoms with van der Waals surface area (Å²) in [6, 6.07) is 0. The standard InChI is InChI=1S/C11H14ClF2N3OS/c1-5(19-6-4-11(2,3)18-17-6)7-8(10(13)14)15-16-9(7)12/h5,10H,4H2,1-3H3,(H,15,16). The Morgan fingerprint density at radius 3 is 2.68 bits per heavy atom. The van der Waals surface area contributed by atoms with Crippen molar-refractivity contribution in [2.24, 2.45) is 5.16 Å². The molecular weight excluding hydrogens is 296 g/mol. The molecule has 0 saturated heterocycles. The number of aromatic nitrogens is 2. The number of halogens is 3. The highest BCUT2D eigenvalue weighted by atomic mass is 35.5.